The lowest BCUT2D eigenvalue weighted by atomic mass is 9.85. The van der Waals surface area contributed by atoms with E-state index in [-0.39, 0.29) is 5.95 Å². The van der Waals surface area contributed by atoms with Crippen LogP contribution in [0, 0.1) is 0 Å². The Morgan fingerprint density at radius 2 is 1.94 bits per heavy atom. The van der Waals surface area contributed by atoms with Crippen LogP contribution in [0.15, 0.2) is 6.07 Å². The minimum Gasteiger partial charge on any atom is -0.388 e. The molecule has 0 amide bonds. The monoisotopic (exact) mass is 251 g/mol. The number of nitrogens with one attached hydrogen (secondary N) is 2. The lowest BCUT2D eigenvalue weighted by Crippen LogP contribution is -2.39. The Bertz CT molecular complexity index is 403. The molecule has 1 aliphatic carbocycles. The van der Waals surface area contributed by atoms with E-state index < -0.39 is 5.60 Å². The first-order chi connectivity index (χ1) is 8.61. The van der Waals surface area contributed by atoms with Gasteiger partial charge in [-0.1, -0.05) is 19.3 Å². The van der Waals surface area contributed by atoms with Gasteiger partial charge in [-0.05, 0) is 12.8 Å². The van der Waals surface area contributed by atoms with Crippen molar-refractivity contribution in [2.45, 2.75) is 37.7 Å². The van der Waals surface area contributed by atoms with E-state index in [1.54, 1.807) is 13.1 Å². The van der Waals surface area contributed by atoms with Crippen LogP contribution in [0.5, 0.6) is 0 Å². The van der Waals surface area contributed by atoms with Crippen LogP contribution in [0.1, 0.15) is 32.1 Å². The Morgan fingerprint density at radius 1 is 1.28 bits per heavy atom. The van der Waals surface area contributed by atoms with Gasteiger partial charge in [-0.25, -0.2) is 0 Å². The summed E-state index contributed by atoms with van der Waals surface area (Å²) in [6, 6.07) is 1.78. The van der Waals surface area contributed by atoms with Crippen LogP contribution in [0.3, 0.4) is 0 Å². The SMILES string of the molecule is CNc1cc(NCC2(O)CCCCC2)nc(N)n1. The normalized spacial score (nSPS) is 18.3. The molecule has 2 rings (SSSR count). The number of hydrogen-bond acceptors (Lipinski definition) is 6. The summed E-state index contributed by atoms with van der Waals surface area (Å²) in [7, 11) is 1.78. The van der Waals surface area contributed by atoms with Crippen molar-refractivity contribution in [2.75, 3.05) is 30.0 Å². The van der Waals surface area contributed by atoms with Crippen molar-refractivity contribution in [2.24, 2.45) is 0 Å². The van der Waals surface area contributed by atoms with Crippen LogP contribution in [-0.4, -0.2) is 34.3 Å². The van der Waals surface area contributed by atoms with Crippen LogP contribution >= 0.6 is 0 Å². The summed E-state index contributed by atoms with van der Waals surface area (Å²) in [5, 5.41) is 16.4. The van der Waals surface area contributed by atoms with Gasteiger partial charge in [-0.15, -0.1) is 0 Å². The molecule has 0 atom stereocenters. The number of nitrogens with zero attached hydrogens (tertiary/aromatic N) is 2. The smallest absolute Gasteiger partial charge is 0.223 e. The van der Waals surface area contributed by atoms with Gasteiger partial charge in [0.25, 0.3) is 0 Å². The summed E-state index contributed by atoms with van der Waals surface area (Å²) >= 11 is 0. The average molecular weight is 251 g/mol. The van der Waals surface area contributed by atoms with Crippen molar-refractivity contribution >= 4 is 17.6 Å². The molecule has 1 aromatic heterocycles. The number of anilines is 3. The maximum atomic E-state index is 10.4. The summed E-state index contributed by atoms with van der Waals surface area (Å²) in [4.78, 5) is 8.12. The average Bonchev–Trinajstić information content (AvgIpc) is 2.37. The predicted molar refractivity (Wildman–Crippen MR) is 72.5 cm³/mol. The number of aromatic nitrogens is 2. The van der Waals surface area contributed by atoms with Crippen LogP contribution in [0.2, 0.25) is 0 Å². The second-order valence-corrected chi connectivity index (χ2v) is 4.89. The largest absolute Gasteiger partial charge is 0.388 e. The van der Waals surface area contributed by atoms with Gasteiger partial charge in [0.15, 0.2) is 0 Å². The highest BCUT2D eigenvalue weighted by molar-refractivity contribution is 5.50. The maximum Gasteiger partial charge on any atom is 0.223 e. The highest BCUT2D eigenvalue weighted by atomic mass is 16.3. The Labute approximate surface area is 107 Å². The quantitative estimate of drug-likeness (QED) is 0.642. The molecule has 0 aliphatic heterocycles. The fraction of sp³-hybridized carbons (Fsp3) is 0.667. The van der Waals surface area contributed by atoms with Crippen LogP contribution in [0.25, 0.3) is 0 Å². The molecule has 0 spiro atoms. The van der Waals surface area contributed by atoms with Gasteiger partial charge in [-0.2, -0.15) is 9.97 Å². The van der Waals surface area contributed by atoms with E-state index in [0.29, 0.717) is 18.2 Å². The highest BCUT2D eigenvalue weighted by Gasteiger charge is 2.28. The van der Waals surface area contributed by atoms with Gasteiger partial charge in [0.1, 0.15) is 11.6 Å². The molecule has 1 saturated carbocycles. The van der Waals surface area contributed by atoms with Gasteiger partial charge in [0.05, 0.1) is 5.60 Å². The third-order valence-electron chi connectivity index (χ3n) is 3.38. The number of rotatable bonds is 4. The van der Waals surface area contributed by atoms with Gasteiger partial charge in [0.2, 0.25) is 5.95 Å². The molecule has 1 aromatic rings. The summed E-state index contributed by atoms with van der Waals surface area (Å²) in [5.74, 6) is 1.53. The van der Waals surface area contributed by atoms with E-state index in [4.69, 9.17) is 5.73 Å². The molecule has 0 aromatic carbocycles. The van der Waals surface area contributed by atoms with E-state index in [9.17, 15) is 5.11 Å². The van der Waals surface area contributed by atoms with Gasteiger partial charge in [0, 0.05) is 19.7 Å². The Kier molecular flexibility index (Phi) is 3.86. The van der Waals surface area contributed by atoms with Crippen LogP contribution in [0.4, 0.5) is 17.6 Å². The molecule has 0 radical (unpaired) electrons. The van der Waals surface area contributed by atoms with E-state index >= 15 is 0 Å². The van der Waals surface area contributed by atoms with Crippen LogP contribution in [-0.2, 0) is 0 Å². The third-order valence-corrected chi connectivity index (χ3v) is 3.38. The fourth-order valence-electron chi connectivity index (χ4n) is 2.33. The first-order valence-electron chi connectivity index (χ1n) is 6.40. The van der Waals surface area contributed by atoms with Crippen molar-refractivity contribution in [1.29, 1.82) is 0 Å². The molecule has 0 bridgehead atoms. The number of aliphatic hydroxyl groups is 1. The maximum absolute atomic E-state index is 10.4. The third kappa shape index (κ3) is 3.22. The zero-order valence-electron chi connectivity index (χ0n) is 10.7. The van der Waals surface area contributed by atoms with E-state index in [2.05, 4.69) is 20.6 Å². The minimum absolute atomic E-state index is 0.222. The number of nitrogen functional groups attached to an aromatic ring is 1. The van der Waals surface area contributed by atoms with Crippen molar-refractivity contribution < 1.29 is 5.11 Å². The molecule has 1 heterocycles. The lowest BCUT2D eigenvalue weighted by molar-refractivity contribution is 0.0166. The Balaban J connectivity index is 1.98. The van der Waals surface area contributed by atoms with Crippen molar-refractivity contribution in [1.82, 2.24) is 9.97 Å². The molecule has 0 saturated heterocycles. The molecule has 6 nitrogen and oxygen atoms in total. The van der Waals surface area contributed by atoms with Crippen LogP contribution < -0.4 is 16.4 Å². The zero-order valence-corrected chi connectivity index (χ0v) is 10.7. The number of hydrogen-bond donors (Lipinski definition) is 4. The molecule has 1 fully saturated rings. The molecule has 5 N–H and O–H groups in total. The predicted octanol–water partition coefficient (Wildman–Crippen LogP) is 1.21. The zero-order chi connectivity index (χ0) is 13.0. The summed E-state index contributed by atoms with van der Waals surface area (Å²) < 4.78 is 0. The van der Waals surface area contributed by atoms with Crippen molar-refractivity contribution in [3.05, 3.63) is 6.07 Å². The minimum atomic E-state index is -0.613. The first-order valence-corrected chi connectivity index (χ1v) is 6.40. The Hall–Kier alpha value is -1.56. The van der Waals surface area contributed by atoms with E-state index in [1.165, 1.54) is 6.42 Å². The molecule has 6 heteroatoms. The van der Waals surface area contributed by atoms with Gasteiger partial charge < -0.3 is 21.5 Å². The molecule has 18 heavy (non-hydrogen) atoms. The number of nitrogens with two attached hydrogens (primary N) is 1. The highest BCUT2D eigenvalue weighted by Crippen LogP contribution is 2.28. The van der Waals surface area contributed by atoms with Gasteiger partial charge in [-0.3, -0.25) is 0 Å². The van der Waals surface area contributed by atoms with E-state index in [1.807, 2.05) is 0 Å². The summed E-state index contributed by atoms with van der Waals surface area (Å²) in [5.41, 5.74) is 5.00. The van der Waals surface area contributed by atoms with Crippen molar-refractivity contribution in [3.63, 3.8) is 0 Å². The molecular weight excluding hydrogens is 230 g/mol. The molecular formula is C12H21N5O. The standard InChI is InChI=1S/C12H21N5O/c1-14-9-7-10(17-11(13)16-9)15-8-12(18)5-3-2-4-6-12/h7,18H,2-6,8H2,1H3,(H4,13,14,15,16,17). The second-order valence-electron chi connectivity index (χ2n) is 4.89. The lowest BCUT2D eigenvalue weighted by Gasteiger charge is -2.32. The molecule has 100 valence electrons. The fourth-order valence-corrected chi connectivity index (χ4v) is 2.33. The summed E-state index contributed by atoms with van der Waals surface area (Å²) in [6.45, 7) is 0.507. The molecule has 0 unspecified atom stereocenters. The Morgan fingerprint density at radius 3 is 2.61 bits per heavy atom. The second kappa shape index (κ2) is 5.39. The topological polar surface area (TPSA) is 96.1 Å². The first kappa shape index (κ1) is 12.9. The summed E-state index contributed by atoms with van der Waals surface area (Å²) in [6.07, 6.45) is 5.09. The molecule has 1 aliphatic rings. The van der Waals surface area contributed by atoms with E-state index in [0.717, 1.165) is 25.7 Å². The van der Waals surface area contributed by atoms with Crippen molar-refractivity contribution in [3.8, 4) is 0 Å². The van der Waals surface area contributed by atoms with Gasteiger partial charge >= 0.3 is 0 Å².